The fourth-order valence-corrected chi connectivity index (χ4v) is 2.54. The Morgan fingerprint density at radius 1 is 0.958 bits per heavy atom. The molecular weight excluding hydrogens is 322 g/mol. The molecule has 7 nitrogen and oxygen atoms in total. The Kier molecular flexibility index (Phi) is 3.64. The molecule has 0 spiro atoms. The second kappa shape index (κ2) is 6.09. The number of H-pyrrole nitrogens is 1. The summed E-state index contributed by atoms with van der Waals surface area (Å²) in [6.07, 6.45) is 0. The number of hydrogen-bond donors (Lipinski definition) is 4. The fourth-order valence-electron chi connectivity index (χ4n) is 2.37. The Labute approximate surface area is 142 Å². The zero-order valence-electron chi connectivity index (χ0n) is 12.4. The van der Waals surface area contributed by atoms with Crippen molar-refractivity contribution in [3.05, 3.63) is 54.6 Å². The van der Waals surface area contributed by atoms with Gasteiger partial charge < -0.3 is 10.3 Å². The molecule has 24 heavy (non-hydrogen) atoms. The van der Waals surface area contributed by atoms with Crippen LogP contribution in [0.3, 0.4) is 0 Å². The van der Waals surface area contributed by atoms with Gasteiger partial charge in [0.15, 0.2) is 10.8 Å². The first-order valence-electron chi connectivity index (χ1n) is 7.29. The molecule has 2 heterocycles. The van der Waals surface area contributed by atoms with Gasteiger partial charge in [0.25, 0.3) is 5.95 Å². The molecule has 0 unspecified atom stereocenters. The van der Waals surface area contributed by atoms with Crippen LogP contribution in [0.25, 0.3) is 22.1 Å². The van der Waals surface area contributed by atoms with Gasteiger partial charge in [-0.25, -0.2) is 0 Å². The smallest absolute Gasteiger partial charge is 0.263 e. The molecule has 8 heteroatoms. The van der Waals surface area contributed by atoms with Crippen LogP contribution in [0.5, 0.6) is 0 Å². The van der Waals surface area contributed by atoms with Crippen molar-refractivity contribution >= 4 is 51.0 Å². The number of hydrazine groups is 1. The number of nitrogens with zero attached hydrogens (tertiary/aromatic N) is 3. The third-order valence-electron chi connectivity index (χ3n) is 3.44. The van der Waals surface area contributed by atoms with Crippen LogP contribution < -0.4 is 16.2 Å². The maximum absolute atomic E-state index is 5.21. The summed E-state index contributed by atoms with van der Waals surface area (Å²) in [5.74, 6) is 0.325. The van der Waals surface area contributed by atoms with Crippen molar-refractivity contribution in [3.8, 4) is 0 Å². The quantitative estimate of drug-likeness (QED) is 0.338. The Morgan fingerprint density at radius 3 is 2.62 bits per heavy atom. The van der Waals surface area contributed by atoms with Gasteiger partial charge in [-0.05, 0) is 30.4 Å². The number of benzene rings is 2. The third kappa shape index (κ3) is 2.82. The molecule has 4 rings (SSSR count). The van der Waals surface area contributed by atoms with E-state index >= 15 is 0 Å². The molecule has 0 aliphatic carbocycles. The molecule has 118 valence electrons. The third-order valence-corrected chi connectivity index (χ3v) is 3.65. The van der Waals surface area contributed by atoms with E-state index in [4.69, 9.17) is 12.2 Å². The van der Waals surface area contributed by atoms with E-state index in [2.05, 4.69) is 36.3 Å². The summed E-state index contributed by atoms with van der Waals surface area (Å²) in [4.78, 5) is 7.62. The summed E-state index contributed by atoms with van der Waals surface area (Å²) in [6.45, 7) is 0. The van der Waals surface area contributed by atoms with Gasteiger partial charge in [0.05, 0.1) is 0 Å². The summed E-state index contributed by atoms with van der Waals surface area (Å²) in [6, 6.07) is 17.5. The van der Waals surface area contributed by atoms with Crippen LogP contribution >= 0.6 is 12.2 Å². The molecule has 0 amide bonds. The number of anilines is 2. The highest BCUT2D eigenvalue weighted by atomic mass is 32.1. The lowest BCUT2D eigenvalue weighted by atomic mass is 10.2. The van der Waals surface area contributed by atoms with Crippen LogP contribution in [0.2, 0.25) is 0 Å². The molecule has 0 atom stereocenters. The zero-order valence-corrected chi connectivity index (χ0v) is 13.3. The molecule has 0 saturated heterocycles. The average Bonchev–Trinajstić information content (AvgIpc) is 2.98. The number of aromatic amines is 1. The zero-order chi connectivity index (χ0) is 16.4. The minimum atomic E-state index is 0.325. The summed E-state index contributed by atoms with van der Waals surface area (Å²) in [5, 5.41) is 12.7. The molecule has 2 aromatic heterocycles. The average molecular weight is 335 g/mol. The standard InChI is InChI=1S/C16H13N7S/c24-16(17-10-6-2-1-3-7-10)23-22-15-19-14-13(20-21-15)11-8-4-5-9-12(11)18-14/h1-9H,(H2,17,23,24)(H2,18,19,21,22). The molecule has 0 aliphatic heterocycles. The maximum Gasteiger partial charge on any atom is 0.263 e. The second-order valence-corrected chi connectivity index (χ2v) is 5.48. The van der Waals surface area contributed by atoms with Crippen molar-refractivity contribution < 1.29 is 0 Å². The van der Waals surface area contributed by atoms with Crippen molar-refractivity contribution in [1.82, 2.24) is 25.6 Å². The van der Waals surface area contributed by atoms with Crippen LogP contribution in [-0.4, -0.2) is 25.3 Å². The van der Waals surface area contributed by atoms with E-state index in [1.807, 2.05) is 54.6 Å². The Bertz CT molecular complexity index is 1010. The number of rotatable bonds is 3. The van der Waals surface area contributed by atoms with Gasteiger partial charge in [-0.2, -0.15) is 4.98 Å². The maximum atomic E-state index is 5.21. The molecule has 0 bridgehead atoms. The Morgan fingerprint density at radius 2 is 1.75 bits per heavy atom. The topological polar surface area (TPSA) is 90.6 Å². The van der Waals surface area contributed by atoms with E-state index in [1.54, 1.807) is 0 Å². The van der Waals surface area contributed by atoms with Gasteiger partial charge in [0, 0.05) is 16.6 Å². The van der Waals surface area contributed by atoms with Crippen LogP contribution in [0.15, 0.2) is 54.6 Å². The monoisotopic (exact) mass is 335 g/mol. The Hall–Kier alpha value is -3.26. The summed E-state index contributed by atoms with van der Waals surface area (Å²) in [5.41, 5.74) is 8.95. The van der Waals surface area contributed by atoms with Crippen molar-refractivity contribution in [2.24, 2.45) is 0 Å². The summed E-state index contributed by atoms with van der Waals surface area (Å²) in [7, 11) is 0. The Balaban J connectivity index is 1.48. The predicted octanol–water partition coefficient (Wildman–Crippen LogP) is 2.82. The minimum Gasteiger partial charge on any atom is -0.338 e. The first-order chi connectivity index (χ1) is 11.8. The van der Waals surface area contributed by atoms with Crippen LogP contribution in [-0.2, 0) is 0 Å². The number of nitrogens with one attached hydrogen (secondary N) is 4. The number of fused-ring (bicyclic) bond motifs is 3. The highest BCUT2D eigenvalue weighted by molar-refractivity contribution is 7.80. The molecule has 0 aliphatic rings. The second-order valence-electron chi connectivity index (χ2n) is 5.07. The highest BCUT2D eigenvalue weighted by Gasteiger charge is 2.08. The first kappa shape index (κ1) is 14.3. The summed E-state index contributed by atoms with van der Waals surface area (Å²) < 4.78 is 0. The number of aromatic nitrogens is 4. The van der Waals surface area contributed by atoms with Crippen LogP contribution in [0, 0.1) is 0 Å². The van der Waals surface area contributed by atoms with E-state index in [0.717, 1.165) is 22.1 Å². The van der Waals surface area contributed by atoms with Gasteiger partial charge in [0.1, 0.15) is 5.52 Å². The van der Waals surface area contributed by atoms with Crippen molar-refractivity contribution in [2.75, 3.05) is 10.7 Å². The van der Waals surface area contributed by atoms with E-state index in [0.29, 0.717) is 16.7 Å². The molecule has 0 fully saturated rings. The summed E-state index contributed by atoms with van der Waals surface area (Å²) >= 11 is 5.21. The lowest BCUT2D eigenvalue weighted by Gasteiger charge is -2.10. The lowest BCUT2D eigenvalue weighted by molar-refractivity contribution is 0.972. The predicted molar refractivity (Wildman–Crippen MR) is 98.6 cm³/mol. The number of para-hydroxylation sites is 2. The number of hydrogen-bond acceptors (Lipinski definition) is 5. The molecule has 4 aromatic rings. The van der Waals surface area contributed by atoms with Crippen molar-refractivity contribution in [2.45, 2.75) is 0 Å². The molecule has 2 aromatic carbocycles. The highest BCUT2D eigenvalue weighted by Crippen LogP contribution is 2.21. The van der Waals surface area contributed by atoms with Crippen molar-refractivity contribution in [3.63, 3.8) is 0 Å². The van der Waals surface area contributed by atoms with Crippen LogP contribution in [0.4, 0.5) is 11.6 Å². The van der Waals surface area contributed by atoms with Crippen molar-refractivity contribution in [1.29, 1.82) is 0 Å². The molecule has 0 radical (unpaired) electrons. The largest absolute Gasteiger partial charge is 0.338 e. The van der Waals surface area contributed by atoms with Gasteiger partial charge in [0.2, 0.25) is 0 Å². The number of thiocarbonyl (C=S) groups is 1. The van der Waals surface area contributed by atoms with E-state index < -0.39 is 0 Å². The lowest BCUT2D eigenvalue weighted by Crippen LogP contribution is -2.34. The van der Waals surface area contributed by atoms with Gasteiger partial charge in [-0.3, -0.25) is 10.9 Å². The fraction of sp³-hybridized carbons (Fsp3) is 0. The van der Waals surface area contributed by atoms with E-state index in [9.17, 15) is 0 Å². The van der Waals surface area contributed by atoms with E-state index in [1.165, 1.54) is 0 Å². The van der Waals surface area contributed by atoms with Gasteiger partial charge >= 0.3 is 0 Å². The molecule has 4 N–H and O–H groups in total. The first-order valence-corrected chi connectivity index (χ1v) is 7.69. The van der Waals surface area contributed by atoms with Gasteiger partial charge in [-0.1, -0.05) is 36.4 Å². The van der Waals surface area contributed by atoms with Gasteiger partial charge in [-0.15, -0.1) is 10.2 Å². The van der Waals surface area contributed by atoms with Crippen LogP contribution in [0.1, 0.15) is 0 Å². The van der Waals surface area contributed by atoms with E-state index in [-0.39, 0.29) is 0 Å². The molecule has 0 saturated carbocycles. The molecular formula is C16H13N7S. The minimum absolute atomic E-state index is 0.325. The normalized spacial score (nSPS) is 10.7. The SMILES string of the molecule is S=C(NNc1nnc2c(n1)[nH]c1ccccc12)Nc1ccccc1.